The van der Waals surface area contributed by atoms with Crippen LogP contribution in [0.25, 0.3) is 0 Å². The minimum absolute atomic E-state index is 0.178. The third kappa shape index (κ3) is 1.92. The first-order valence-electron chi connectivity index (χ1n) is 4.30. The molecule has 0 bridgehead atoms. The fourth-order valence-corrected chi connectivity index (χ4v) is 1.54. The molecule has 1 heteroatoms. The lowest BCUT2D eigenvalue weighted by Gasteiger charge is -2.26. The third-order valence-electron chi connectivity index (χ3n) is 2.11. The summed E-state index contributed by atoms with van der Waals surface area (Å²) in [5.74, 6) is 0. The van der Waals surface area contributed by atoms with Crippen molar-refractivity contribution in [3.05, 3.63) is 11.6 Å². The molecular weight excluding hydrogens is 134 g/mol. The molecule has 62 valence electrons. The lowest BCUT2D eigenvalue weighted by molar-refractivity contribution is 0.514. The van der Waals surface area contributed by atoms with Crippen molar-refractivity contribution < 1.29 is 0 Å². The second kappa shape index (κ2) is 2.80. The van der Waals surface area contributed by atoms with Gasteiger partial charge in [0.05, 0.1) is 0 Å². The van der Waals surface area contributed by atoms with Crippen molar-refractivity contribution >= 4 is 5.71 Å². The highest BCUT2D eigenvalue weighted by molar-refractivity contribution is 5.99. The van der Waals surface area contributed by atoms with Crippen LogP contribution in [0.3, 0.4) is 0 Å². The first-order chi connectivity index (χ1) is 5.02. The molecule has 0 aromatic rings. The van der Waals surface area contributed by atoms with Crippen LogP contribution in [-0.4, -0.2) is 5.71 Å². The van der Waals surface area contributed by atoms with Crippen LogP contribution >= 0.6 is 0 Å². The van der Waals surface area contributed by atoms with E-state index in [9.17, 15) is 0 Å². The first-order valence-corrected chi connectivity index (χ1v) is 4.30. The van der Waals surface area contributed by atoms with Gasteiger partial charge in [-0.3, -0.25) is 0 Å². The summed E-state index contributed by atoms with van der Waals surface area (Å²) in [7, 11) is 0. The summed E-state index contributed by atoms with van der Waals surface area (Å²) >= 11 is 0. The van der Waals surface area contributed by atoms with E-state index < -0.39 is 0 Å². The molecule has 0 atom stereocenters. The van der Waals surface area contributed by atoms with E-state index in [2.05, 4.69) is 26.8 Å². The molecule has 1 nitrogen and oxygen atoms in total. The molecule has 0 aromatic heterocycles. The van der Waals surface area contributed by atoms with Gasteiger partial charge in [-0.25, -0.2) is 0 Å². The second-order valence-electron chi connectivity index (χ2n) is 4.24. The van der Waals surface area contributed by atoms with E-state index in [0.29, 0.717) is 0 Å². The van der Waals surface area contributed by atoms with Crippen LogP contribution in [0.4, 0.5) is 0 Å². The Hall–Kier alpha value is -0.590. The summed E-state index contributed by atoms with van der Waals surface area (Å²) in [4.78, 5) is 0. The summed E-state index contributed by atoms with van der Waals surface area (Å²) in [5, 5.41) is 7.73. The smallest absolute Gasteiger partial charge is 0.0348 e. The van der Waals surface area contributed by atoms with Gasteiger partial charge in [0.1, 0.15) is 0 Å². The van der Waals surface area contributed by atoms with E-state index in [1.807, 2.05) is 0 Å². The van der Waals surface area contributed by atoms with Gasteiger partial charge in [0, 0.05) is 5.71 Å². The molecule has 1 aliphatic rings. The SMILES string of the molecule is CC(C)(C)C1=CCCCC1=N. The molecule has 0 spiro atoms. The average molecular weight is 151 g/mol. The molecule has 0 unspecified atom stereocenters. The van der Waals surface area contributed by atoms with Crippen LogP contribution < -0.4 is 0 Å². The van der Waals surface area contributed by atoms with Crippen LogP contribution in [0.15, 0.2) is 11.6 Å². The quantitative estimate of drug-likeness (QED) is 0.550. The van der Waals surface area contributed by atoms with Gasteiger partial charge in [0.15, 0.2) is 0 Å². The standard InChI is InChI=1S/C10H17N/c1-10(2,3)8-6-4-5-7-9(8)11/h6,11H,4-5,7H2,1-3H3. The molecule has 0 fully saturated rings. The summed E-state index contributed by atoms with van der Waals surface area (Å²) in [6.07, 6.45) is 5.53. The van der Waals surface area contributed by atoms with Gasteiger partial charge >= 0.3 is 0 Å². The van der Waals surface area contributed by atoms with Crippen LogP contribution in [-0.2, 0) is 0 Å². The largest absolute Gasteiger partial charge is 0.305 e. The van der Waals surface area contributed by atoms with Crippen molar-refractivity contribution in [3.8, 4) is 0 Å². The molecule has 0 aromatic carbocycles. The van der Waals surface area contributed by atoms with E-state index in [0.717, 1.165) is 18.6 Å². The van der Waals surface area contributed by atoms with Gasteiger partial charge in [-0.2, -0.15) is 0 Å². The number of allylic oxidation sites excluding steroid dienone is 2. The topological polar surface area (TPSA) is 23.9 Å². The van der Waals surface area contributed by atoms with Crippen LogP contribution in [0.5, 0.6) is 0 Å². The van der Waals surface area contributed by atoms with Gasteiger partial charge in [-0.1, -0.05) is 26.8 Å². The average Bonchev–Trinajstić information content (AvgIpc) is 1.86. The van der Waals surface area contributed by atoms with Gasteiger partial charge < -0.3 is 5.41 Å². The first kappa shape index (κ1) is 8.51. The monoisotopic (exact) mass is 151 g/mol. The molecule has 1 aliphatic carbocycles. The molecule has 0 aliphatic heterocycles. The zero-order valence-corrected chi connectivity index (χ0v) is 7.70. The summed E-state index contributed by atoms with van der Waals surface area (Å²) in [6.45, 7) is 6.54. The minimum atomic E-state index is 0.178. The highest BCUT2D eigenvalue weighted by Gasteiger charge is 2.22. The van der Waals surface area contributed by atoms with Crippen molar-refractivity contribution in [3.63, 3.8) is 0 Å². The van der Waals surface area contributed by atoms with Crippen molar-refractivity contribution in [2.45, 2.75) is 40.0 Å². The van der Waals surface area contributed by atoms with Crippen LogP contribution in [0.1, 0.15) is 40.0 Å². The number of nitrogens with one attached hydrogen (secondary N) is 1. The lowest BCUT2D eigenvalue weighted by Crippen LogP contribution is -2.19. The maximum absolute atomic E-state index is 7.73. The fraction of sp³-hybridized carbons (Fsp3) is 0.700. The minimum Gasteiger partial charge on any atom is -0.305 e. The lowest BCUT2D eigenvalue weighted by atomic mass is 9.79. The van der Waals surface area contributed by atoms with E-state index >= 15 is 0 Å². The molecule has 0 radical (unpaired) electrons. The number of hydrogen-bond acceptors (Lipinski definition) is 1. The van der Waals surface area contributed by atoms with E-state index in [4.69, 9.17) is 5.41 Å². The Labute approximate surface area is 69.0 Å². The number of rotatable bonds is 0. The highest BCUT2D eigenvalue weighted by atomic mass is 14.5. The summed E-state index contributed by atoms with van der Waals surface area (Å²) in [6, 6.07) is 0. The van der Waals surface area contributed by atoms with Crippen molar-refractivity contribution in [2.75, 3.05) is 0 Å². The van der Waals surface area contributed by atoms with Crippen molar-refractivity contribution in [1.29, 1.82) is 5.41 Å². The molecule has 0 saturated heterocycles. The van der Waals surface area contributed by atoms with E-state index in [-0.39, 0.29) is 5.41 Å². The van der Waals surface area contributed by atoms with E-state index in [1.165, 1.54) is 12.0 Å². The van der Waals surface area contributed by atoms with Gasteiger partial charge in [0.25, 0.3) is 0 Å². The van der Waals surface area contributed by atoms with Gasteiger partial charge in [0.2, 0.25) is 0 Å². The highest BCUT2D eigenvalue weighted by Crippen LogP contribution is 2.30. The van der Waals surface area contributed by atoms with Crippen molar-refractivity contribution in [1.82, 2.24) is 0 Å². The molecule has 0 amide bonds. The van der Waals surface area contributed by atoms with Crippen LogP contribution in [0.2, 0.25) is 0 Å². The Morgan fingerprint density at radius 3 is 2.36 bits per heavy atom. The second-order valence-corrected chi connectivity index (χ2v) is 4.24. The van der Waals surface area contributed by atoms with Crippen molar-refractivity contribution in [2.24, 2.45) is 5.41 Å². The molecule has 11 heavy (non-hydrogen) atoms. The Kier molecular flexibility index (Phi) is 2.17. The third-order valence-corrected chi connectivity index (χ3v) is 2.11. The molecule has 1 N–H and O–H groups in total. The maximum Gasteiger partial charge on any atom is 0.0348 e. The zero-order valence-electron chi connectivity index (χ0n) is 7.70. The van der Waals surface area contributed by atoms with E-state index in [1.54, 1.807) is 0 Å². The Morgan fingerprint density at radius 2 is 2.00 bits per heavy atom. The molecule has 0 heterocycles. The molecule has 1 rings (SSSR count). The number of hydrogen-bond donors (Lipinski definition) is 1. The van der Waals surface area contributed by atoms with Gasteiger partial charge in [-0.15, -0.1) is 0 Å². The summed E-state index contributed by atoms with van der Waals surface area (Å²) < 4.78 is 0. The normalized spacial score (nSPS) is 19.9. The van der Waals surface area contributed by atoms with Gasteiger partial charge in [-0.05, 0) is 30.3 Å². The predicted molar refractivity (Wildman–Crippen MR) is 49.1 cm³/mol. The molecular formula is C10H17N. The Bertz CT molecular complexity index is 193. The van der Waals surface area contributed by atoms with Crippen LogP contribution in [0, 0.1) is 10.8 Å². The fourth-order valence-electron chi connectivity index (χ4n) is 1.54. The predicted octanol–water partition coefficient (Wildman–Crippen LogP) is 3.16. The zero-order chi connectivity index (χ0) is 8.48. The summed E-state index contributed by atoms with van der Waals surface area (Å²) in [5.41, 5.74) is 2.28. The molecule has 0 saturated carbocycles. The Balaban J connectivity index is 2.85. The maximum atomic E-state index is 7.73. The Morgan fingerprint density at radius 1 is 1.36 bits per heavy atom.